The molecule has 0 aromatic carbocycles. The Kier molecular flexibility index (Phi) is 3.65. The molecule has 2 aromatic heterocycles. The van der Waals surface area contributed by atoms with Gasteiger partial charge in [-0.3, -0.25) is 0 Å². The molecule has 0 fully saturated rings. The Morgan fingerprint density at radius 2 is 1.80 bits per heavy atom. The van der Waals surface area contributed by atoms with Gasteiger partial charge in [0, 0.05) is 18.3 Å². The molecule has 0 aliphatic heterocycles. The third-order valence-corrected chi connectivity index (χ3v) is 3.33. The third kappa shape index (κ3) is 2.21. The monoisotopic (exact) mass is 275 g/mol. The molecule has 0 saturated carbocycles. The van der Waals surface area contributed by atoms with Crippen LogP contribution in [0.15, 0.2) is 0 Å². The van der Waals surface area contributed by atoms with Crippen LogP contribution in [0.3, 0.4) is 0 Å². The summed E-state index contributed by atoms with van der Waals surface area (Å²) in [7, 11) is 3.44. The highest BCUT2D eigenvalue weighted by atomic mass is 16.5. The molecule has 2 aromatic rings. The normalized spacial score (nSPS) is 11.2. The Labute approximate surface area is 119 Å². The summed E-state index contributed by atoms with van der Waals surface area (Å²) in [6.45, 7) is 8.02. The Hall–Kier alpha value is -2.11. The number of nitrogens with zero attached hydrogens (tertiary/aromatic N) is 4. The summed E-state index contributed by atoms with van der Waals surface area (Å²) < 4.78 is 7.06. The van der Waals surface area contributed by atoms with E-state index in [1.54, 1.807) is 11.8 Å². The van der Waals surface area contributed by atoms with Crippen LogP contribution >= 0.6 is 0 Å². The third-order valence-electron chi connectivity index (χ3n) is 3.33. The van der Waals surface area contributed by atoms with E-state index >= 15 is 0 Å². The smallest absolute Gasteiger partial charge is 0.222 e. The summed E-state index contributed by atoms with van der Waals surface area (Å²) in [4.78, 5) is 9.03. The van der Waals surface area contributed by atoms with Gasteiger partial charge in [-0.1, -0.05) is 13.8 Å². The van der Waals surface area contributed by atoms with Crippen molar-refractivity contribution in [1.82, 2.24) is 19.7 Å². The second-order valence-corrected chi connectivity index (χ2v) is 5.18. The Balaban J connectivity index is 2.66. The van der Waals surface area contributed by atoms with Gasteiger partial charge in [-0.2, -0.15) is 5.10 Å². The van der Waals surface area contributed by atoms with E-state index < -0.39 is 0 Å². The summed E-state index contributed by atoms with van der Waals surface area (Å²) in [5.74, 6) is 2.01. The predicted octanol–water partition coefficient (Wildman–Crippen LogP) is 2.21. The van der Waals surface area contributed by atoms with E-state index in [1.165, 1.54) is 0 Å². The zero-order chi connectivity index (χ0) is 15.0. The Morgan fingerprint density at radius 3 is 2.30 bits per heavy atom. The predicted molar refractivity (Wildman–Crippen MR) is 78.8 cm³/mol. The van der Waals surface area contributed by atoms with Gasteiger partial charge in [-0.05, 0) is 19.8 Å². The highest BCUT2D eigenvalue weighted by Gasteiger charge is 2.21. The highest BCUT2D eigenvalue weighted by molar-refractivity contribution is 5.67. The molecule has 0 spiro atoms. The molecule has 0 saturated heterocycles. The first-order valence-electron chi connectivity index (χ1n) is 6.58. The summed E-state index contributed by atoms with van der Waals surface area (Å²) in [5.41, 5.74) is 9.59. The lowest BCUT2D eigenvalue weighted by Crippen LogP contribution is -2.07. The average Bonchev–Trinajstić information content (AvgIpc) is 2.61. The second kappa shape index (κ2) is 5.11. The van der Waals surface area contributed by atoms with Crippen molar-refractivity contribution in [3.8, 4) is 17.3 Å². The fourth-order valence-corrected chi connectivity index (χ4v) is 2.56. The van der Waals surface area contributed by atoms with E-state index in [-0.39, 0.29) is 0 Å². The van der Waals surface area contributed by atoms with E-state index in [0.717, 1.165) is 22.5 Å². The maximum Gasteiger partial charge on any atom is 0.222 e. The average molecular weight is 275 g/mol. The van der Waals surface area contributed by atoms with Crippen LogP contribution in [-0.4, -0.2) is 26.9 Å². The second-order valence-electron chi connectivity index (χ2n) is 5.18. The lowest BCUT2D eigenvalue weighted by atomic mass is 10.0. The van der Waals surface area contributed by atoms with Crippen molar-refractivity contribution in [2.45, 2.75) is 33.6 Å². The highest BCUT2D eigenvalue weighted by Crippen LogP contribution is 2.33. The van der Waals surface area contributed by atoms with E-state index in [2.05, 4.69) is 28.9 Å². The number of aryl methyl sites for hydroxylation is 3. The molecule has 0 atom stereocenters. The number of ether oxygens (including phenoxy) is 1. The molecule has 0 unspecified atom stereocenters. The van der Waals surface area contributed by atoms with Crippen molar-refractivity contribution in [2.24, 2.45) is 7.05 Å². The number of nitrogens with two attached hydrogens (primary N) is 1. The van der Waals surface area contributed by atoms with Gasteiger partial charge in [0.25, 0.3) is 0 Å². The van der Waals surface area contributed by atoms with Crippen molar-refractivity contribution in [3.05, 3.63) is 17.0 Å². The quantitative estimate of drug-likeness (QED) is 0.929. The minimum atomic E-state index is 0.293. The van der Waals surface area contributed by atoms with Gasteiger partial charge in [0.1, 0.15) is 11.4 Å². The molecule has 2 heterocycles. The molecule has 2 N–H and O–H groups in total. The van der Waals surface area contributed by atoms with E-state index in [9.17, 15) is 0 Å². The summed E-state index contributed by atoms with van der Waals surface area (Å²) in [5, 5.41) is 4.35. The molecule has 0 bridgehead atoms. The van der Waals surface area contributed by atoms with Gasteiger partial charge in [-0.15, -0.1) is 0 Å². The molecule has 6 heteroatoms. The molecule has 0 radical (unpaired) electrons. The van der Waals surface area contributed by atoms with Crippen LogP contribution in [0.4, 0.5) is 5.82 Å². The maximum atomic E-state index is 6.09. The number of anilines is 1. The van der Waals surface area contributed by atoms with Crippen LogP contribution < -0.4 is 10.5 Å². The minimum absolute atomic E-state index is 0.293. The summed E-state index contributed by atoms with van der Waals surface area (Å²) in [6.07, 6.45) is 0. The Morgan fingerprint density at radius 1 is 1.15 bits per heavy atom. The lowest BCUT2D eigenvalue weighted by molar-refractivity contribution is 0.374. The van der Waals surface area contributed by atoms with E-state index in [4.69, 9.17) is 10.5 Å². The minimum Gasteiger partial charge on any atom is -0.481 e. The summed E-state index contributed by atoms with van der Waals surface area (Å²) >= 11 is 0. The van der Waals surface area contributed by atoms with E-state index in [0.29, 0.717) is 23.4 Å². The molecule has 108 valence electrons. The molecule has 0 amide bonds. The standard InChI is InChI=1S/C14H21N5O/c1-7(2)10-8(3)16-13(17-12(10)15)11-9(4)18-19(5)14(11)20-6/h7H,1-6H3,(H2,15,16,17). The van der Waals surface area contributed by atoms with Crippen LogP contribution in [-0.2, 0) is 7.05 Å². The Bertz CT molecular complexity index is 622. The van der Waals surface area contributed by atoms with Crippen LogP contribution in [0.1, 0.15) is 36.7 Å². The number of nitrogen functional groups attached to an aromatic ring is 1. The molecule has 6 nitrogen and oxygen atoms in total. The number of aromatic nitrogens is 4. The maximum absolute atomic E-state index is 6.09. The zero-order valence-corrected chi connectivity index (χ0v) is 12.9. The first-order valence-corrected chi connectivity index (χ1v) is 6.58. The number of hydrogen-bond donors (Lipinski definition) is 1. The van der Waals surface area contributed by atoms with Crippen molar-refractivity contribution < 1.29 is 4.74 Å². The molecule has 0 aliphatic rings. The summed E-state index contributed by atoms with van der Waals surface area (Å²) in [6, 6.07) is 0. The molecular formula is C14H21N5O. The molecule has 0 aliphatic carbocycles. The number of hydrogen-bond acceptors (Lipinski definition) is 5. The SMILES string of the molecule is COc1c(-c2nc(C)c(C(C)C)c(N)n2)c(C)nn1C. The van der Waals surface area contributed by atoms with Crippen LogP contribution in [0.5, 0.6) is 5.88 Å². The fourth-order valence-electron chi connectivity index (χ4n) is 2.56. The van der Waals surface area contributed by atoms with E-state index in [1.807, 2.05) is 20.9 Å². The van der Waals surface area contributed by atoms with Crippen LogP contribution in [0.2, 0.25) is 0 Å². The zero-order valence-electron chi connectivity index (χ0n) is 12.9. The van der Waals surface area contributed by atoms with Gasteiger partial charge in [-0.25, -0.2) is 14.6 Å². The van der Waals surface area contributed by atoms with Gasteiger partial charge < -0.3 is 10.5 Å². The van der Waals surface area contributed by atoms with Gasteiger partial charge in [0.2, 0.25) is 5.88 Å². The van der Waals surface area contributed by atoms with Gasteiger partial charge in [0.05, 0.1) is 12.8 Å². The molecular weight excluding hydrogens is 254 g/mol. The van der Waals surface area contributed by atoms with Crippen LogP contribution in [0.25, 0.3) is 11.4 Å². The van der Waals surface area contributed by atoms with Gasteiger partial charge >= 0.3 is 0 Å². The lowest BCUT2D eigenvalue weighted by Gasteiger charge is -2.13. The van der Waals surface area contributed by atoms with Crippen LogP contribution in [0, 0.1) is 13.8 Å². The number of methoxy groups -OCH3 is 1. The molecule has 20 heavy (non-hydrogen) atoms. The first-order chi connectivity index (χ1) is 9.36. The first kappa shape index (κ1) is 14.3. The largest absolute Gasteiger partial charge is 0.481 e. The number of rotatable bonds is 3. The van der Waals surface area contributed by atoms with Crippen molar-refractivity contribution >= 4 is 5.82 Å². The van der Waals surface area contributed by atoms with Crippen molar-refractivity contribution in [2.75, 3.05) is 12.8 Å². The van der Waals surface area contributed by atoms with Crippen molar-refractivity contribution in [3.63, 3.8) is 0 Å². The van der Waals surface area contributed by atoms with Crippen molar-refractivity contribution in [1.29, 1.82) is 0 Å². The fraction of sp³-hybridized carbons (Fsp3) is 0.500. The molecule has 2 rings (SSSR count). The van der Waals surface area contributed by atoms with Gasteiger partial charge in [0.15, 0.2) is 5.82 Å². The topological polar surface area (TPSA) is 78.8 Å².